The van der Waals surface area contributed by atoms with Crippen molar-refractivity contribution in [3.8, 4) is 0 Å². The second-order valence-electron chi connectivity index (χ2n) is 8.61. The number of urea groups is 1. The Kier molecular flexibility index (Phi) is 3.94. The van der Waals surface area contributed by atoms with E-state index in [1.54, 1.807) is 0 Å². The van der Waals surface area contributed by atoms with Crippen LogP contribution in [0.3, 0.4) is 0 Å². The highest BCUT2D eigenvalue weighted by atomic mass is 16.2. The number of carbonyl (C=O) groups excluding carboxylic acids is 1. The number of hydrogen-bond acceptors (Lipinski definition) is 3. The van der Waals surface area contributed by atoms with E-state index in [2.05, 4.69) is 25.0 Å². The number of likely N-dealkylation sites (tertiary alicyclic amines) is 1. The number of carbonyl (C=O) groups is 1. The molecule has 5 rings (SSSR count). The fraction of sp³-hybridized carbons (Fsp3) is 0.842. The number of hydrogen-bond donors (Lipinski definition) is 1. The van der Waals surface area contributed by atoms with Gasteiger partial charge in [0, 0.05) is 25.6 Å². The van der Waals surface area contributed by atoms with Crippen molar-refractivity contribution in [2.75, 3.05) is 6.54 Å². The molecule has 2 saturated carbocycles. The van der Waals surface area contributed by atoms with E-state index in [0.29, 0.717) is 12.6 Å². The molecule has 1 aromatic heterocycles. The third-order valence-electron chi connectivity index (χ3n) is 7.18. The minimum absolute atomic E-state index is 0.0982. The molecule has 0 radical (unpaired) electrons. The van der Waals surface area contributed by atoms with Gasteiger partial charge >= 0.3 is 6.03 Å². The van der Waals surface area contributed by atoms with Gasteiger partial charge in [-0.2, -0.15) is 0 Å². The highest BCUT2D eigenvalue weighted by molar-refractivity contribution is 5.74. The van der Waals surface area contributed by atoms with Crippen LogP contribution in [0.15, 0.2) is 0 Å². The highest BCUT2D eigenvalue weighted by Gasteiger charge is 2.42. The van der Waals surface area contributed by atoms with E-state index >= 15 is 0 Å². The number of fused-ring (bicyclic) bond motifs is 3. The molecule has 1 saturated heterocycles. The Balaban J connectivity index is 1.18. The summed E-state index contributed by atoms with van der Waals surface area (Å²) in [5.74, 6) is 4.80. The Morgan fingerprint density at radius 1 is 1.12 bits per heavy atom. The molecule has 4 aliphatic rings. The van der Waals surface area contributed by atoms with Crippen LogP contribution in [0.4, 0.5) is 4.79 Å². The van der Waals surface area contributed by atoms with Crippen LogP contribution in [0, 0.1) is 17.8 Å². The molecule has 6 heteroatoms. The smallest absolute Gasteiger partial charge is 0.318 e. The van der Waals surface area contributed by atoms with Crippen molar-refractivity contribution < 1.29 is 4.79 Å². The maximum atomic E-state index is 12.7. The molecule has 4 unspecified atom stereocenters. The van der Waals surface area contributed by atoms with Crippen LogP contribution >= 0.6 is 0 Å². The minimum Gasteiger partial charge on any atom is -0.331 e. The van der Waals surface area contributed by atoms with E-state index in [1.807, 2.05) is 0 Å². The average Bonchev–Trinajstić information content (AvgIpc) is 3.38. The summed E-state index contributed by atoms with van der Waals surface area (Å²) in [6.07, 6.45) is 11.5. The third kappa shape index (κ3) is 2.83. The van der Waals surface area contributed by atoms with Crippen LogP contribution in [0.25, 0.3) is 0 Å². The van der Waals surface area contributed by atoms with Gasteiger partial charge in [0.25, 0.3) is 0 Å². The van der Waals surface area contributed by atoms with E-state index in [1.165, 1.54) is 38.5 Å². The van der Waals surface area contributed by atoms with Gasteiger partial charge < -0.3 is 14.8 Å². The Labute approximate surface area is 149 Å². The average molecular weight is 343 g/mol. The maximum Gasteiger partial charge on any atom is 0.318 e. The molecule has 0 aromatic carbocycles. The zero-order valence-electron chi connectivity index (χ0n) is 15.0. The summed E-state index contributed by atoms with van der Waals surface area (Å²) in [6.45, 7) is 2.41. The van der Waals surface area contributed by atoms with Crippen LogP contribution in [-0.2, 0) is 19.5 Å². The van der Waals surface area contributed by atoms with Crippen LogP contribution in [0.1, 0.15) is 63.0 Å². The standard InChI is InChI=1S/C19H29N5O/c25-19(20-12-18-22-21-17-4-2-8-24(17)18)23-7-1-3-16(23)11-15-10-13-5-6-14(15)9-13/h13-16H,1-12H2,(H,20,25). The summed E-state index contributed by atoms with van der Waals surface area (Å²) in [4.78, 5) is 14.8. The molecule has 136 valence electrons. The van der Waals surface area contributed by atoms with Gasteiger partial charge in [-0.25, -0.2) is 4.79 Å². The van der Waals surface area contributed by atoms with E-state index in [-0.39, 0.29) is 6.03 Å². The molecule has 25 heavy (non-hydrogen) atoms. The van der Waals surface area contributed by atoms with Crippen molar-refractivity contribution in [2.45, 2.75) is 76.9 Å². The lowest BCUT2D eigenvalue weighted by Gasteiger charge is -2.30. The number of aromatic nitrogens is 3. The van der Waals surface area contributed by atoms with E-state index in [0.717, 1.165) is 61.8 Å². The SMILES string of the molecule is O=C(NCc1nnc2n1CCC2)N1CCCC1CC1CC2CCC1C2. The number of aryl methyl sites for hydroxylation is 1. The van der Waals surface area contributed by atoms with Gasteiger partial charge in [-0.1, -0.05) is 6.42 Å². The lowest BCUT2D eigenvalue weighted by molar-refractivity contribution is 0.174. The fourth-order valence-electron chi connectivity index (χ4n) is 5.96. The Morgan fingerprint density at radius 3 is 2.92 bits per heavy atom. The predicted molar refractivity (Wildman–Crippen MR) is 93.9 cm³/mol. The summed E-state index contributed by atoms with van der Waals surface area (Å²) < 4.78 is 2.16. The van der Waals surface area contributed by atoms with Gasteiger partial charge in [-0.15, -0.1) is 10.2 Å². The maximum absolute atomic E-state index is 12.7. The lowest BCUT2D eigenvalue weighted by atomic mass is 9.84. The first-order valence-electron chi connectivity index (χ1n) is 10.2. The number of nitrogens with zero attached hydrogens (tertiary/aromatic N) is 4. The number of rotatable bonds is 4. The zero-order chi connectivity index (χ0) is 16.8. The predicted octanol–water partition coefficient (Wildman–Crippen LogP) is 2.72. The zero-order valence-corrected chi connectivity index (χ0v) is 15.0. The van der Waals surface area contributed by atoms with Crippen molar-refractivity contribution in [2.24, 2.45) is 17.8 Å². The molecule has 2 aliphatic carbocycles. The van der Waals surface area contributed by atoms with Crippen molar-refractivity contribution in [3.63, 3.8) is 0 Å². The van der Waals surface area contributed by atoms with Crippen molar-refractivity contribution in [1.29, 1.82) is 0 Å². The Hall–Kier alpha value is -1.59. The van der Waals surface area contributed by atoms with Crippen LogP contribution in [0.5, 0.6) is 0 Å². The quantitative estimate of drug-likeness (QED) is 0.914. The third-order valence-corrected chi connectivity index (χ3v) is 7.18. The first kappa shape index (κ1) is 15.6. The van der Waals surface area contributed by atoms with Crippen molar-refractivity contribution >= 4 is 6.03 Å². The molecule has 2 bridgehead atoms. The van der Waals surface area contributed by atoms with Gasteiger partial charge in [-0.05, 0) is 62.7 Å². The number of amides is 2. The summed E-state index contributed by atoms with van der Waals surface area (Å²) in [5, 5.41) is 11.6. The second kappa shape index (κ2) is 6.29. The molecule has 6 nitrogen and oxygen atoms in total. The minimum atomic E-state index is 0.0982. The molecule has 3 heterocycles. The van der Waals surface area contributed by atoms with Crippen LogP contribution < -0.4 is 5.32 Å². The van der Waals surface area contributed by atoms with Gasteiger partial charge in [-0.3, -0.25) is 0 Å². The van der Waals surface area contributed by atoms with Crippen molar-refractivity contribution in [1.82, 2.24) is 25.0 Å². The van der Waals surface area contributed by atoms with E-state index in [4.69, 9.17) is 0 Å². The molecular weight excluding hydrogens is 314 g/mol. The highest BCUT2D eigenvalue weighted by Crippen LogP contribution is 2.50. The molecule has 3 fully saturated rings. The van der Waals surface area contributed by atoms with E-state index < -0.39 is 0 Å². The first-order chi connectivity index (χ1) is 12.3. The fourth-order valence-corrected chi connectivity index (χ4v) is 5.96. The molecule has 1 aromatic rings. The second-order valence-corrected chi connectivity index (χ2v) is 8.61. The van der Waals surface area contributed by atoms with Gasteiger partial charge in [0.15, 0.2) is 5.82 Å². The first-order valence-corrected chi connectivity index (χ1v) is 10.2. The van der Waals surface area contributed by atoms with Gasteiger partial charge in [0.05, 0.1) is 6.54 Å². The monoisotopic (exact) mass is 343 g/mol. The molecule has 0 spiro atoms. The Morgan fingerprint density at radius 2 is 2.08 bits per heavy atom. The molecular formula is C19H29N5O. The largest absolute Gasteiger partial charge is 0.331 e. The topological polar surface area (TPSA) is 63.1 Å². The number of nitrogens with one attached hydrogen (secondary N) is 1. The molecule has 4 atom stereocenters. The molecule has 2 aliphatic heterocycles. The molecule has 2 amide bonds. The lowest BCUT2D eigenvalue weighted by Crippen LogP contribution is -2.43. The van der Waals surface area contributed by atoms with E-state index in [9.17, 15) is 4.79 Å². The van der Waals surface area contributed by atoms with Crippen LogP contribution in [0.2, 0.25) is 0 Å². The van der Waals surface area contributed by atoms with Crippen LogP contribution in [-0.4, -0.2) is 38.3 Å². The van der Waals surface area contributed by atoms with Gasteiger partial charge in [0.1, 0.15) is 5.82 Å². The summed E-state index contributed by atoms with van der Waals surface area (Å²) in [5.41, 5.74) is 0. The summed E-state index contributed by atoms with van der Waals surface area (Å²) in [6, 6.07) is 0.550. The summed E-state index contributed by atoms with van der Waals surface area (Å²) >= 11 is 0. The summed E-state index contributed by atoms with van der Waals surface area (Å²) in [7, 11) is 0. The Bertz CT molecular complexity index is 656. The molecule has 1 N–H and O–H groups in total. The van der Waals surface area contributed by atoms with Gasteiger partial charge in [0.2, 0.25) is 0 Å². The normalized spacial score (nSPS) is 33.2. The van der Waals surface area contributed by atoms with Crippen molar-refractivity contribution in [3.05, 3.63) is 11.6 Å².